The van der Waals surface area contributed by atoms with Gasteiger partial charge in [0.25, 0.3) is 0 Å². The number of nitrogens with one attached hydrogen (secondary N) is 1. The number of aromatic amines is 1. The van der Waals surface area contributed by atoms with Gasteiger partial charge in [-0.25, -0.2) is 4.98 Å². The lowest BCUT2D eigenvalue weighted by Crippen LogP contribution is -1.81. The Labute approximate surface area is 122 Å². The van der Waals surface area contributed by atoms with Gasteiger partial charge >= 0.3 is 0 Å². The average molecular weight is 342 g/mol. The number of fused-ring (bicyclic) bond motifs is 1. The van der Waals surface area contributed by atoms with Crippen molar-refractivity contribution in [2.75, 3.05) is 0 Å². The Morgan fingerprint density at radius 1 is 1.06 bits per heavy atom. The largest absolute Gasteiger partial charge is 0.338 e. The quantitative estimate of drug-likeness (QED) is 0.639. The fraction of sp³-hybridized carbons (Fsp3) is 0. The third kappa shape index (κ3) is 2.14. The second-order valence-electron chi connectivity index (χ2n) is 3.87. The molecule has 0 aliphatic rings. The van der Waals surface area contributed by atoms with Gasteiger partial charge in [0.1, 0.15) is 5.82 Å². The first-order valence-electron chi connectivity index (χ1n) is 5.24. The molecule has 0 saturated heterocycles. The minimum absolute atomic E-state index is 0.648. The van der Waals surface area contributed by atoms with E-state index < -0.39 is 0 Å². The van der Waals surface area contributed by atoms with Gasteiger partial charge in [-0.05, 0) is 36.4 Å². The highest BCUT2D eigenvalue weighted by Crippen LogP contribution is 2.30. The Bertz CT molecular complexity index is 737. The first-order chi connectivity index (χ1) is 8.63. The number of benzene rings is 2. The summed E-state index contributed by atoms with van der Waals surface area (Å²) in [6, 6.07) is 11.2. The zero-order valence-electron chi connectivity index (χ0n) is 9.05. The molecule has 3 aromatic rings. The molecule has 1 heterocycles. The van der Waals surface area contributed by atoms with Gasteiger partial charge in [0.15, 0.2) is 0 Å². The van der Waals surface area contributed by atoms with Gasteiger partial charge in [0.05, 0.1) is 16.1 Å². The maximum absolute atomic E-state index is 6.21. The first kappa shape index (κ1) is 12.0. The van der Waals surface area contributed by atoms with E-state index in [4.69, 9.17) is 23.2 Å². The number of imidazole rings is 1. The fourth-order valence-corrected chi connectivity index (χ4v) is 2.73. The van der Waals surface area contributed by atoms with Gasteiger partial charge in [-0.15, -0.1) is 0 Å². The summed E-state index contributed by atoms with van der Waals surface area (Å²) in [7, 11) is 0. The van der Waals surface area contributed by atoms with E-state index in [1.165, 1.54) is 0 Å². The molecule has 5 heteroatoms. The smallest absolute Gasteiger partial charge is 0.139 e. The lowest BCUT2D eigenvalue weighted by atomic mass is 10.2. The van der Waals surface area contributed by atoms with Crippen LogP contribution >= 0.6 is 39.1 Å². The van der Waals surface area contributed by atoms with Crippen molar-refractivity contribution in [3.05, 3.63) is 50.9 Å². The van der Waals surface area contributed by atoms with Gasteiger partial charge in [-0.2, -0.15) is 0 Å². The second-order valence-corrected chi connectivity index (χ2v) is 5.63. The number of hydrogen-bond acceptors (Lipinski definition) is 1. The van der Waals surface area contributed by atoms with Crippen LogP contribution in [0.2, 0.25) is 10.0 Å². The minimum atomic E-state index is 0.648. The molecule has 0 spiro atoms. The summed E-state index contributed by atoms with van der Waals surface area (Å²) in [5, 5.41) is 1.33. The zero-order chi connectivity index (χ0) is 12.7. The van der Waals surface area contributed by atoms with Gasteiger partial charge in [0.2, 0.25) is 0 Å². The van der Waals surface area contributed by atoms with Crippen molar-refractivity contribution in [2.45, 2.75) is 0 Å². The van der Waals surface area contributed by atoms with Crippen molar-refractivity contribution in [2.24, 2.45) is 0 Å². The average Bonchev–Trinajstić information content (AvgIpc) is 2.71. The predicted octanol–water partition coefficient (Wildman–Crippen LogP) is 5.30. The topological polar surface area (TPSA) is 28.7 Å². The summed E-state index contributed by atoms with van der Waals surface area (Å²) >= 11 is 15.5. The molecule has 0 saturated carbocycles. The molecule has 3 rings (SSSR count). The second kappa shape index (κ2) is 4.57. The van der Waals surface area contributed by atoms with Crippen LogP contribution in [0.1, 0.15) is 0 Å². The Kier molecular flexibility index (Phi) is 3.06. The third-order valence-electron chi connectivity index (χ3n) is 2.63. The SMILES string of the molecule is Clc1ccc2nc(-c3ccc(Br)cc3Cl)[nH]c2c1. The van der Waals surface area contributed by atoms with E-state index in [9.17, 15) is 0 Å². The third-order valence-corrected chi connectivity index (χ3v) is 3.67. The van der Waals surface area contributed by atoms with Gasteiger partial charge in [-0.3, -0.25) is 0 Å². The highest BCUT2D eigenvalue weighted by atomic mass is 79.9. The van der Waals surface area contributed by atoms with E-state index in [0.29, 0.717) is 10.0 Å². The number of aromatic nitrogens is 2. The maximum Gasteiger partial charge on any atom is 0.139 e. The highest BCUT2D eigenvalue weighted by Gasteiger charge is 2.09. The summed E-state index contributed by atoms with van der Waals surface area (Å²) in [4.78, 5) is 7.72. The lowest BCUT2D eigenvalue weighted by Gasteiger charge is -2.00. The molecule has 0 aliphatic carbocycles. The molecular formula is C13H7BrCl2N2. The van der Waals surface area contributed by atoms with E-state index in [2.05, 4.69) is 25.9 Å². The number of nitrogens with zero attached hydrogens (tertiary/aromatic N) is 1. The Hall–Kier alpha value is -1.03. The summed E-state index contributed by atoms with van der Waals surface area (Å²) in [5.41, 5.74) is 2.64. The zero-order valence-corrected chi connectivity index (χ0v) is 12.1. The summed E-state index contributed by atoms with van der Waals surface area (Å²) < 4.78 is 0.940. The van der Waals surface area contributed by atoms with Crippen LogP contribution in [0.15, 0.2) is 40.9 Å². The minimum Gasteiger partial charge on any atom is -0.338 e. The molecule has 1 aromatic heterocycles. The van der Waals surface area contributed by atoms with E-state index >= 15 is 0 Å². The summed E-state index contributed by atoms with van der Waals surface area (Å²) in [6.07, 6.45) is 0. The highest BCUT2D eigenvalue weighted by molar-refractivity contribution is 9.10. The number of rotatable bonds is 1. The normalized spacial score (nSPS) is 11.1. The number of halogens is 3. The van der Waals surface area contributed by atoms with Crippen LogP contribution in [0, 0.1) is 0 Å². The fourth-order valence-electron chi connectivity index (χ4n) is 1.79. The van der Waals surface area contributed by atoms with E-state index in [-0.39, 0.29) is 0 Å². The van der Waals surface area contributed by atoms with Crippen LogP contribution in [0.25, 0.3) is 22.4 Å². The van der Waals surface area contributed by atoms with Crippen LogP contribution in [0.3, 0.4) is 0 Å². The van der Waals surface area contributed by atoms with Crippen molar-refractivity contribution in [1.29, 1.82) is 0 Å². The van der Waals surface area contributed by atoms with Gasteiger partial charge in [-0.1, -0.05) is 39.1 Å². The molecule has 0 bridgehead atoms. The molecule has 0 aliphatic heterocycles. The molecule has 18 heavy (non-hydrogen) atoms. The molecule has 2 nitrogen and oxygen atoms in total. The Morgan fingerprint density at radius 2 is 1.89 bits per heavy atom. The van der Waals surface area contributed by atoms with Crippen LogP contribution in [-0.2, 0) is 0 Å². The molecule has 1 N–H and O–H groups in total. The summed E-state index contributed by atoms with van der Waals surface area (Å²) in [6.45, 7) is 0. The van der Waals surface area contributed by atoms with Crippen molar-refractivity contribution in [3.63, 3.8) is 0 Å². The van der Waals surface area contributed by atoms with E-state index in [0.717, 1.165) is 26.9 Å². The predicted molar refractivity (Wildman–Crippen MR) is 79.2 cm³/mol. The molecular weight excluding hydrogens is 335 g/mol. The molecule has 0 amide bonds. The van der Waals surface area contributed by atoms with Gasteiger partial charge in [0, 0.05) is 15.1 Å². The lowest BCUT2D eigenvalue weighted by molar-refractivity contribution is 1.33. The van der Waals surface area contributed by atoms with E-state index in [1.54, 1.807) is 0 Å². The number of hydrogen-bond donors (Lipinski definition) is 1. The van der Waals surface area contributed by atoms with Crippen LogP contribution in [0.4, 0.5) is 0 Å². The van der Waals surface area contributed by atoms with Crippen LogP contribution in [0.5, 0.6) is 0 Å². The van der Waals surface area contributed by atoms with E-state index in [1.807, 2.05) is 36.4 Å². The Balaban J connectivity index is 2.19. The monoisotopic (exact) mass is 340 g/mol. The first-order valence-corrected chi connectivity index (χ1v) is 6.79. The maximum atomic E-state index is 6.21. The molecule has 2 aromatic carbocycles. The Morgan fingerprint density at radius 3 is 2.67 bits per heavy atom. The van der Waals surface area contributed by atoms with Crippen LogP contribution in [-0.4, -0.2) is 9.97 Å². The molecule has 0 atom stereocenters. The van der Waals surface area contributed by atoms with Crippen molar-refractivity contribution < 1.29 is 0 Å². The van der Waals surface area contributed by atoms with Crippen molar-refractivity contribution in [3.8, 4) is 11.4 Å². The molecule has 0 unspecified atom stereocenters. The van der Waals surface area contributed by atoms with Crippen LogP contribution < -0.4 is 0 Å². The van der Waals surface area contributed by atoms with Crippen molar-refractivity contribution in [1.82, 2.24) is 9.97 Å². The standard InChI is InChI=1S/C13H7BrCl2N2/c14-7-1-3-9(10(16)5-7)13-17-11-4-2-8(15)6-12(11)18-13/h1-6H,(H,17,18). The number of H-pyrrole nitrogens is 1. The van der Waals surface area contributed by atoms with Crippen molar-refractivity contribution >= 4 is 50.2 Å². The van der Waals surface area contributed by atoms with Gasteiger partial charge < -0.3 is 4.98 Å². The molecule has 0 radical (unpaired) electrons. The summed E-state index contributed by atoms with van der Waals surface area (Å²) in [5.74, 6) is 0.741. The molecule has 0 fully saturated rings. The molecule has 90 valence electrons.